The first-order chi connectivity index (χ1) is 15.3. The molecule has 2 unspecified atom stereocenters. The summed E-state index contributed by atoms with van der Waals surface area (Å²) in [6.45, 7) is 3.28. The van der Waals surface area contributed by atoms with E-state index in [0.717, 1.165) is 22.5 Å². The van der Waals surface area contributed by atoms with Crippen LogP contribution >= 0.6 is 39.0 Å². The summed E-state index contributed by atoms with van der Waals surface area (Å²) in [5.74, 6) is -0.415. The quantitative estimate of drug-likeness (QED) is 0.278. The van der Waals surface area contributed by atoms with E-state index in [1.807, 2.05) is 12.3 Å². The molecule has 174 valence electrons. The molecule has 3 rings (SSSR count). The lowest BCUT2D eigenvalue weighted by Gasteiger charge is -2.30. The SMILES string of the molecule is CO[C@@H](Cn1cc(-c2nc(C)cs2)nn1)C(OC(CO)[C@@H](C)O)Sc1cc(Br)ccc1F. The van der Waals surface area contributed by atoms with Crippen molar-refractivity contribution in [3.63, 3.8) is 0 Å². The molecule has 2 aromatic heterocycles. The number of thiazole rings is 1. The van der Waals surface area contributed by atoms with Crippen molar-refractivity contribution in [3.05, 3.63) is 45.8 Å². The minimum Gasteiger partial charge on any atom is -0.394 e. The van der Waals surface area contributed by atoms with E-state index >= 15 is 0 Å². The van der Waals surface area contributed by atoms with Gasteiger partial charge in [-0.15, -0.1) is 16.4 Å². The Morgan fingerprint density at radius 1 is 1.34 bits per heavy atom. The zero-order valence-corrected chi connectivity index (χ0v) is 20.9. The lowest BCUT2D eigenvalue weighted by molar-refractivity contribution is -0.105. The Kier molecular flexibility index (Phi) is 9.17. The number of rotatable bonds is 11. The van der Waals surface area contributed by atoms with Crippen LogP contribution in [-0.2, 0) is 16.0 Å². The molecule has 0 amide bonds. The van der Waals surface area contributed by atoms with Crippen LogP contribution in [-0.4, -0.2) is 67.7 Å². The molecule has 4 atom stereocenters. The van der Waals surface area contributed by atoms with Crippen molar-refractivity contribution in [2.24, 2.45) is 0 Å². The molecule has 0 fully saturated rings. The first kappa shape index (κ1) is 25.2. The van der Waals surface area contributed by atoms with Crippen LogP contribution in [0.2, 0.25) is 0 Å². The van der Waals surface area contributed by atoms with Gasteiger partial charge in [0.25, 0.3) is 0 Å². The normalized spacial score (nSPS) is 15.5. The molecule has 0 radical (unpaired) electrons. The molecule has 0 aliphatic heterocycles. The van der Waals surface area contributed by atoms with E-state index in [1.54, 1.807) is 23.0 Å². The number of hydrogen-bond donors (Lipinski definition) is 2. The molecule has 32 heavy (non-hydrogen) atoms. The highest BCUT2D eigenvalue weighted by Gasteiger charge is 2.30. The number of methoxy groups -OCH3 is 1. The number of halogens is 2. The molecule has 1 aromatic carbocycles. The standard InChI is InChI=1S/C20H24BrFN4O4S2/c1-11-10-31-19(23-11)15-7-26(25-24-15)8-16(29-3)20(30-17(9-27)12(2)28)32-18-6-13(21)4-5-14(18)22/h4-7,10,12,16-17,20,27-28H,8-9H2,1-3H3/t12-,16+,17?,20?/m1/s1. The maximum atomic E-state index is 14.4. The molecule has 8 nitrogen and oxygen atoms in total. The van der Waals surface area contributed by atoms with Crippen molar-refractivity contribution in [3.8, 4) is 10.7 Å². The van der Waals surface area contributed by atoms with Crippen LogP contribution in [0.15, 0.2) is 39.1 Å². The van der Waals surface area contributed by atoms with Crippen molar-refractivity contribution in [2.75, 3.05) is 13.7 Å². The van der Waals surface area contributed by atoms with E-state index in [9.17, 15) is 14.6 Å². The van der Waals surface area contributed by atoms with Crippen LogP contribution in [0.4, 0.5) is 4.39 Å². The molecule has 2 heterocycles. The maximum absolute atomic E-state index is 14.4. The first-order valence-electron chi connectivity index (χ1n) is 9.72. The maximum Gasteiger partial charge on any atom is 0.145 e. The summed E-state index contributed by atoms with van der Waals surface area (Å²) in [5.41, 5.74) is 0.784. The lowest BCUT2D eigenvalue weighted by Crippen LogP contribution is -2.40. The Morgan fingerprint density at radius 3 is 2.75 bits per heavy atom. The second-order valence-electron chi connectivity index (χ2n) is 7.05. The van der Waals surface area contributed by atoms with Gasteiger partial charge in [-0.2, -0.15) is 0 Å². The van der Waals surface area contributed by atoms with Gasteiger partial charge in [-0.25, -0.2) is 14.1 Å². The van der Waals surface area contributed by atoms with Crippen molar-refractivity contribution >= 4 is 39.0 Å². The molecule has 0 aliphatic rings. The summed E-state index contributed by atoms with van der Waals surface area (Å²) in [7, 11) is 1.51. The molecule has 0 bridgehead atoms. The largest absolute Gasteiger partial charge is 0.394 e. The van der Waals surface area contributed by atoms with Crippen LogP contribution in [0, 0.1) is 12.7 Å². The van der Waals surface area contributed by atoms with Crippen molar-refractivity contribution < 1.29 is 24.1 Å². The van der Waals surface area contributed by atoms with Crippen LogP contribution < -0.4 is 0 Å². The second-order valence-corrected chi connectivity index (χ2v) is 9.97. The average Bonchev–Trinajstić information content (AvgIpc) is 3.40. The fraction of sp³-hybridized carbons (Fsp3) is 0.450. The number of aliphatic hydroxyl groups is 2. The molecular formula is C20H24BrFN4O4S2. The predicted molar refractivity (Wildman–Crippen MR) is 124 cm³/mol. The van der Waals surface area contributed by atoms with Gasteiger partial charge in [0.05, 0.1) is 25.5 Å². The number of thioether (sulfide) groups is 1. The van der Waals surface area contributed by atoms with Gasteiger partial charge in [-0.05, 0) is 32.0 Å². The fourth-order valence-corrected chi connectivity index (χ4v) is 5.21. The van der Waals surface area contributed by atoms with Crippen molar-refractivity contribution in [1.29, 1.82) is 0 Å². The Morgan fingerprint density at radius 2 is 2.12 bits per heavy atom. The number of benzene rings is 1. The smallest absolute Gasteiger partial charge is 0.145 e. The molecule has 12 heteroatoms. The van der Waals surface area contributed by atoms with E-state index in [2.05, 4.69) is 31.2 Å². The first-order valence-corrected chi connectivity index (χ1v) is 12.3. The minimum atomic E-state index is -0.931. The van der Waals surface area contributed by atoms with Gasteiger partial charge < -0.3 is 19.7 Å². The summed E-state index contributed by atoms with van der Waals surface area (Å²) < 4.78 is 28.4. The third-order valence-corrected chi connectivity index (χ3v) is 7.20. The zero-order valence-electron chi connectivity index (χ0n) is 17.7. The Balaban J connectivity index is 1.83. The minimum absolute atomic E-state index is 0.249. The van der Waals surface area contributed by atoms with Crippen LogP contribution in [0.5, 0.6) is 0 Å². The third-order valence-electron chi connectivity index (χ3n) is 4.51. The van der Waals surface area contributed by atoms with Gasteiger partial charge in [0.1, 0.15) is 34.2 Å². The molecule has 2 N–H and O–H groups in total. The summed E-state index contributed by atoms with van der Waals surface area (Å²) in [4.78, 5) is 4.75. The molecular weight excluding hydrogens is 523 g/mol. The summed E-state index contributed by atoms with van der Waals surface area (Å²) in [6.07, 6.45) is -0.646. The van der Waals surface area contributed by atoms with Gasteiger partial charge in [0, 0.05) is 27.6 Å². The van der Waals surface area contributed by atoms with E-state index in [4.69, 9.17) is 9.47 Å². The van der Waals surface area contributed by atoms with E-state index in [0.29, 0.717) is 15.1 Å². The average molecular weight is 547 g/mol. The van der Waals surface area contributed by atoms with Crippen LogP contribution in [0.3, 0.4) is 0 Å². The predicted octanol–water partition coefficient (Wildman–Crippen LogP) is 3.50. The van der Waals surface area contributed by atoms with Crippen LogP contribution in [0.1, 0.15) is 12.6 Å². The molecule has 0 saturated carbocycles. The number of aryl methyl sites for hydroxylation is 1. The number of aliphatic hydroxyl groups excluding tert-OH is 2. The van der Waals surface area contributed by atoms with Gasteiger partial charge >= 0.3 is 0 Å². The highest BCUT2D eigenvalue weighted by molar-refractivity contribution is 9.10. The highest BCUT2D eigenvalue weighted by atomic mass is 79.9. The van der Waals surface area contributed by atoms with Crippen LogP contribution in [0.25, 0.3) is 10.7 Å². The number of nitrogens with zero attached hydrogens (tertiary/aromatic N) is 4. The van der Waals surface area contributed by atoms with Gasteiger partial charge in [-0.3, -0.25) is 0 Å². The molecule has 0 saturated heterocycles. The van der Waals surface area contributed by atoms with Gasteiger partial charge in [0.15, 0.2) is 0 Å². The molecule has 0 spiro atoms. The van der Waals surface area contributed by atoms with E-state index in [1.165, 1.54) is 31.4 Å². The summed E-state index contributed by atoms with van der Waals surface area (Å²) in [5, 5.41) is 30.6. The Labute approximate surface area is 201 Å². The summed E-state index contributed by atoms with van der Waals surface area (Å²) >= 11 is 5.93. The van der Waals surface area contributed by atoms with Gasteiger partial charge in [-0.1, -0.05) is 32.9 Å². The fourth-order valence-electron chi connectivity index (χ4n) is 2.78. The monoisotopic (exact) mass is 546 g/mol. The number of hydrogen-bond acceptors (Lipinski definition) is 9. The van der Waals surface area contributed by atoms with Crippen molar-refractivity contribution in [2.45, 2.75) is 49.0 Å². The summed E-state index contributed by atoms with van der Waals surface area (Å²) in [6, 6.07) is 4.59. The van der Waals surface area contributed by atoms with E-state index in [-0.39, 0.29) is 6.54 Å². The molecule has 0 aliphatic carbocycles. The Hall–Kier alpha value is -1.41. The third kappa shape index (κ3) is 6.56. The highest BCUT2D eigenvalue weighted by Crippen LogP contribution is 2.33. The number of aromatic nitrogens is 4. The Bertz CT molecular complexity index is 1020. The lowest BCUT2D eigenvalue weighted by atomic mass is 10.2. The zero-order chi connectivity index (χ0) is 23.3. The topological polar surface area (TPSA) is 103 Å². The van der Waals surface area contributed by atoms with E-state index < -0.39 is 36.2 Å². The molecule has 3 aromatic rings. The number of ether oxygens (including phenoxy) is 2. The van der Waals surface area contributed by atoms with Gasteiger partial charge in [0.2, 0.25) is 0 Å². The van der Waals surface area contributed by atoms with Crippen molar-refractivity contribution in [1.82, 2.24) is 20.0 Å². The second kappa shape index (κ2) is 11.6.